The second-order valence-electron chi connectivity index (χ2n) is 2.61. The van der Waals surface area contributed by atoms with Crippen LogP contribution in [0.4, 0.5) is 0 Å². The van der Waals surface area contributed by atoms with Crippen molar-refractivity contribution in [1.82, 2.24) is 0 Å². The Balaban J connectivity index is 0.00000121. The maximum absolute atomic E-state index is 9.19. The fraction of sp³-hybridized carbons (Fsp3) is 1.00. The van der Waals surface area contributed by atoms with Crippen molar-refractivity contribution < 1.29 is 20.1 Å². The molecule has 0 aliphatic carbocycles. The summed E-state index contributed by atoms with van der Waals surface area (Å²) >= 11 is 0. The summed E-state index contributed by atoms with van der Waals surface area (Å²) < 4.78 is 5.01. The van der Waals surface area contributed by atoms with Gasteiger partial charge in [-0.05, 0) is 0 Å². The van der Waals surface area contributed by atoms with Crippen molar-refractivity contribution in [3.63, 3.8) is 0 Å². The molecule has 0 aromatic heterocycles. The van der Waals surface area contributed by atoms with Gasteiger partial charge < -0.3 is 25.8 Å². The smallest absolute Gasteiger partial charge is 0.111 e. The molecule has 5 nitrogen and oxygen atoms in total. The molecule has 0 spiro atoms. The first-order chi connectivity index (χ1) is 5.20. The van der Waals surface area contributed by atoms with Crippen molar-refractivity contribution in [3.8, 4) is 0 Å². The van der Waals surface area contributed by atoms with E-state index in [-0.39, 0.29) is 25.6 Å². The molecule has 0 saturated carbocycles. The SMILES string of the molecule is Cl.NCC1OC(CO)C(O)C1O. The van der Waals surface area contributed by atoms with Gasteiger partial charge in [0.25, 0.3) is 0 Å². The largest absolute Gasteiger partial charge is 0.394 e. The standard InChI is InChI=1S/C6H13NO4.ClH/c7-1-3-5(9)6(10)4(2-8)11-3;/h3-6,8-10H,1-2,7H2;1H. The molecule has 12 heavy (non-hydrogen) atoms. The zero-order valence-electron chi connectivity index (χ0n) is 6.46. The lowest BCUT2D eigenvalue weighted by molar-refractivity contribution is -0.0193. The predicted octanol–water partition coefficient (Wildman–Crippen LogP) is -2.15. The molecule has 1 saturated heterocycles. The van der Waals surface area contributed by atoms with Crippen LogP contribution in [0.5, 0.6) is 0 Å². The highest BCUT2D eigenvalue weighted by Crippen LogP contribution is 2.19. The number of hydrogen-bond donors (Lipinski definition) is 4. The summed E-state index contributed by atoms with van der Waals surface area (Å²) in [7, 11) is 0. The number of ether oxygens (including phenoxy) is 1. The number of nitrogens with two attached hydrogens (primary N) is 1. The van der Waals surface area contributed by atoms with Crippen LogP contribution in [-0.2, 0) is 4.74 Å². The molecule has 4 unspecified atom stereocenters. The van der Waals surface area contributed by atoms with Crippen LogP contribution in [0.25, 0.3) is 0 Å². The summed E-state index contributed by atoms with van der Waals surface area (Å²) in [5.41, 5.74) is 5.23. The van der Waals surface area contributed by atoms with Gasteiger partial charge in [0.1, 0.15) is 18.3 Å². The van der Waals surface area contributed by atoms with Crippen LogP contribution in [0.1, 0.15) is 0 Å². The van der Waals surface area contributed by atoms with Gasteiger partial charge in [-0.2, -0.15) is 0 Å². The summed E-state index contributed by atoms with van der Waals surface area (Å²) in [6.45, 7) is -0.149. The van der Waals surface area contributed by atoms with Gasteiger partial charge in [-0.25, -0.2) is 0 Å². The Kier molecular flexibility index (Phi) is 5.00. The second kappa shape index (κ2) is 4.96. The zero-order chi connectivity index (χ0) is 8.43. The molecule has 1 heterocycles. The fourth-order valence-corrected chi connectivity index (χ4v) is 1.17. The minimum absolute atomic E-state index is 0. The highest BCUT2D eigenvalue weighted by atomic mass is 35.5. The highest BCUT2D eigenvalue weighted by molar-refractivity contribution is 5.85. The maximum Gasteiger partial charge on any atom is 0.111 e. The lowest BCUT2D eigenvalue weighted by atomic mass is 10.1. The number of aliphatic hydroxyl groups is 3. The molecular formula is C6H14ClNO4. The molecule has 0 aromatic carbocycles. The van der Waals surface area contributed by atoms with E-state index in [9.17, 15) is 5.11 Å². The van der Waals surface area contributed by atoms with Gasteiger partial charge in [0.05, 0.1) is 12.7 Å². The van der Waals surface area contributed by atoms with E-state index in [2.05, 4.69) is 0 Å². The first-order valence-corrected chi connectivity index (χ1v) is 3.53. The lowest BCUT2D eigenvalue weighted by Crippen LogP contribution is -2.36. The third kappa shape index (κ3) is 2.07. The molecule has 0 radical (unpaired) electrons. The summed E-state index contributed by atoms with van der Waals surface area (Å²) in [6.07, 6.45) is -3.24. The van der Waals surface area contributed by atoms with Gasteiger partial charge in [0, 0.05) is 6.54 Å². The topological polar surface area (TPSA) is 95.9 Å². The second-order valence-corrected chi connectivity index (χ2v) is 2.61. The van der Waals surface area contributed by atoms with Gasteiger partial charge in [0.15, 0.2) is 0 Å². The van der Waals surface area contributed by atoms with E-state index in [1.807, 2.05) is 0 Å². The van der Waals surface area contributed by atoms with E-state index in [0.29, 0.717) is 0 Å². The molecule has 0 bridgehead atoms. The summed E-state index contributed by atoms with van der Waals surface area (Å²) in [4.78, 5) is 0. The van der Waals surface area contributed by atoms with Crippen LogP contribution in [0.2, 0.25) is 0 Å². The van der Waals surface area contributed by atoms with Crippen molar-refractivity contribution in [3.05, 3.63) is 0 Å². The van der Waals surface area contributed by atoms with Crippen LogP contribution >= 0.6 is 12.4 Å². The van der Waals surface area contributed by atoms with Crippen LogP contribution in [0, 0.1) is 0 Å². The first-order valence-electron chi connectivity index (χ1n) is 3.53. The van der Waals surface area contributed by atoms with Crippen molar-refractivity contribution in [1.29, 1.82) is 0 Å². The number of rotatable bonds is 2. The summed E-state index contributed by atoms with van der Waals surface area (Å²) in [6, 6.07) is 0. The minimum Gasteiger partial charge on any atom is -0.394 e. The summed E-state index contributed by atoms with van der Waals surface area (Å²) in [5, 5.41) is 27.0. The monoisotopic (exact) mass is 199 g/mol. The first kappa shape index (κ1) is 12.1. The molecule has 1 rings (SSSR count). The Bertz CT molecular complexity index is 119. The van der Waals surface area contributed by atoms with Crippen molar-refractivity contribution in [2.45, 2.75) is 24.4 Å². The van der Waals surface area contributed by atoms with E-state index < -0.39 is 24.4 Å². The van der Waals surface area contributed by atoms with Gasteiger partial charge in [-0.3, -0.25) is 0 Å². The van der Waals surface area contributed by atoms with Gasteiger partial charge in [0.2, 0.25) is 0 Å². The van der Waals surface area contributed by atoms with Crippen LogP contribution in [0.15, 0.2) is 0 Å². The molecule has 6 heteroatoms. The van der Waals surface area contributed by atoms with Gasteiger partial charge in [-0.1, -0.05) is 0 Å². The third-order valence-electron chi connectivity index (χ3n) is 1.87. The Morgan fingerprint density at radius 1 is 1.17 bits per heavy atom. The number of hydrogen-bond acceptors (Lipinski definition) is 5. The van der Waals surface area contributed by atoms with Crippen LogP contribution in [0.3, 0.4) is 0 Å². The summed E-state index contributed by atoms with van der Waals surface area (Å²) in [5.74, 6) is 0. The minimum atomic E-state index is -1.02. The van der Waals surface area contributed by atoms with E-state index in [4.69, 9.17) is 20.7 Å². The molecule has 1 aliphatic heterocycles. The average Bonchev–Trinajstić information content (AvgIpc) is 2.30. The van der Waals surface area contributed by atoms with Crippen LogP contribution in [-0.4, -0.2) is 52.9 Å². The third-order valence-corrected chi connectivity index (χ3v) is 1.87. The lowest BCUT2D eigenvalue weighted by Gasteiger charge is -2.11. The Morgan fingerprint density at radius 2 is 1.67 bits per heavy atom. The molecule has 5 N–H and O–H groups in total. The normalized spacial score (nSPS) is 41.0. The molecule has 1 aliphatic rings. The Hall–Kier alpha value is 0.0900. The van der Waals surface area contributed by atoms with Crippen molar-refractivity contribution in [2.24, 2.45) is 5.73 Å². The fourth-order valence-electron chi connectivity index (χ4n) is 1.17. The van der Waals surface area contributed by atoms with Crippen molar-refractivity contribution in [2.75, 3.05) is 13.2 Å². The van der Waals surface area contributed by atoms with E-state index >= 15 is 0 Å². The highest BCUT2D eigenvalue weighted by Gasteiger charge is 2.41. The molecule has 74 valence electrons. The zero-order valence-corrected chi connectivity index (χ0v) is 7.28. The number of halogens is 1. The molecule has 0 aromatic rings. The Labute approximate surface area is 76.5 Å². The van der Waals surface area contributed by atoms with E-state index in [1.165, 1.54) is 0 Å². The quantitative estimate of drug-likeness (QED) is 0.407. The molecule has 1 fully saturated rings. The molecule has 0 amide bonds. The van der Waals surface area contributed by atoms with E-state index in [0.717, 1.165) is 0 Å². The van der Waals surface area contributed by atoms with Crippen LogP contribution < -0.4 is 5.73 Å². The Morgan fingerprint density at radius 3 is 1.92 bits per heavy atom. The molecule has 4 atom stereocenters. The average molecular weight is 200 g/mol. The number of aliphatic hydroxyl groups excluding tert-OH is 3. The van der Waals surface area contributed by atoms with E-state index in [1.54, 1.807) is 0 Å². The van der Waals surface area contributed by atoms with Gasteiger partial charge in [-0.15, -0.1) is 12.4 Å². The van der Waals surface area contributed by atoms with Crippen molar-refractivity contribution >= 4 is 12.4 Å². The molecular weight excluding hydrogens is 186 g/mol. The maximum atomic E-state index is 9.19. The van der Waals surface area contributed by atoms with Gasteiger partial charge >= 0.3 is 0 Å². The predicted molar refractivity (Wildman–Crippen MR) is 44.1 cm³/mol.